The smallest absolute Gasteiger partial charge is 0.256 e. The molecule has 6 heteroatoms. The van der Waals surface area contributed by atoms with Crippen LogP contribution in [0.15, 0.2) is 41.2 Å². The fraction of sp³-hybridized carbons (Fsp3) is 0.353. The predicted molar refractivity (Wildman–Crippen MR) is 88.5 cm³/mol. The van der Waals surface area contributed by atoms with Crippen LogP contribution in [-0.2, 0) is 6.54 Å². The third-order valence-electron chi connectivity index (χ3n) is 4.66. The Morgan fingerprint density at radius 1 is 1.22 bits per heavy atom. The van der Waals surface area contributed by atoms with Crippen LogP contribution in [0.2, 0.25) is 5.02 Å². The molecule has 1 amide bonds. The van der Waals surface area contributed by atoms with Crippen LogP contribution in [0.25, 0.3) is 0 Å². The molecular formula is C17H18ClN3O2. The molecule has 0 bridgehead atoms. The summed E-state index contributed by atoms with van der Waals surface area (Å²) in [6.45, 7) is 2.70. The van der Waals surface area contributed by atoms with E-state index in [1.807, 2.05) is 18.2 Å². The molecule has 2 N–H and O–H groups in total. The second-order valence-corrected chi connectivity index (χ2v) is 6.64. The monoisotopic (exact) mass is 331 g/mol. The Morgan fingerprint density at radius 2 is 2.04 bits per heavy atom. The van der Waals surface area contributed by atoms with Crippen LogP contribution in [0.4, 0.5) is 5.69 Å². The van der Waals surface area contributed by atoms with Gasteiger partial charge in [-0.3, -0.25) is 9.69 Å². The van der Waals surface area contributed by atoms with Crippen LogP contribution >= 0.6 is 11.6 Å². The lowest BCUT2D eigenvalue weighted by Gasteiger charge is -2.46. The minimum atomic E-state index is -0.373. The summed E-state index contributed by atoms with van der Waals surface area (Å²) in [5.41, 5.74) is 2.17. The number of hydrogen-bond donors (Lipinski definition) is 2. The third-order valence-corrected chi connectivity index (χ3v) is 4.98. The number of furan rings is 1. The van der Waals surface area contributed by atoms with E-state index >= 15 is 0 Å². The van der Waals surface area contributed by atoms with Crippen molar-refractivity contribution in [2.45, 2.75) is 25.0 Å². The number of nitrogens with one attached hydrogen (secondary N) is 2. The Morgan fingerprint density at radius 3 is 2.78 bits per heavy atom. The van der Waals surface area contributed by atoms with Crippen molar-refractivity contribution in [3.05, 3.63) is 52.9 Å². The molecule has 4 rings (SSSR count). The van der Waals surface area contributed by atoms with Gasteiger partial charge in [-0.2, -0.15) is 0 Å². The van der Waals surface area contributed by atoms with E-state index in [1.54, 1.807) is 18.6 Å². The summed E-state index contributed by atoms with van der Waals surface area (Å²) < 4.78 is 5.12. The van der Waals surface area contributed by atoms with E-state index in [-0.39, 0.29) is 11.6 Å². The normalized spacial score (nSPS) is 20.0. The largest absolute Gasteiger partial charge is 0.472 e. The number of hydrogen-bond acceptors (Lipinski definition) is 4. The molecule has 1 fully saturated rings. The topological polar surface area (TPSA) is 57.5 Å². The van der Waals surface area contributed by atoms with Crippen LogP contribution in [0.3, 0.4) is 0 Å². The van der Waals surface area contributed by atoms with Gasteiger partial charge in [-0.15, -0.1) is 0 Å². The summed E-state index contributed by atoms with van der Waals surface area (Å²) in [4.78, 5) is 14.8. The van der Waals surface area contributed by atoms with Gasteiger partial charge in [0.15, 0.2) is 0 Å². The summed E-state index contributed by atoms with van der Waals surface area (Å²) in [7, 11) is 0. The molecule has 2 aliphatic rings. The molecule has 1 aromatic carbocycles. The number of carbonyl (C=O) groups excluding carboxylic acids is 1. The van der Waals surface area contributed by atoms with E-state index in [4.69, 9.17) is 16.0 Å². The van der Waals surface area contributed by atoms with Crippen molar-refractivity contribution in [2.24, 2.45) is 0 Å². The fourth-order valence-electron chi connectivity index (χ4n) is 3.41. The van der Waals surface area contributed by atoms with Gasteiger partial charge in [-0.1, -0.05) is 17.7 Å². The zero-order chi connectivity index (χ0) is 15.9. The number of likely N-dealkylation sites (tertiary alicyclic amines) is 1. The van der Waals surface area contributed by atoms with Gasteiger partial charge in [0.1, 0.15) is 5.66 Å². The summed E-state index contributed by atoms with van der Waals surface area (Å²) in [5.74, 6) is -0.0902. The van der Waals surface area contributed by atoms with Gasteiger partial charge in [-0.05, 0) is 18.2 Å². The van der Waals surface area contributed by atoms with Crippen LogP contribution in [-0.4, -0.2) is 29.6 Å². The third kappa shape index (κ3) is 2.71. The number of rotatable bonds is 2. The quantitative estimate of drug-likeness (QED) is 0.888. The van der Waals surface area contributed by atoms with Crippen molar-refractivity contribution < 1.29 is 9.21 Å². The molecule has 1 saturated heterocycles. The Kier molecular flexibility index (Phi) is 3.54. The van der Waals surface area contributed by atoms with Gasteiger partial charge >= 0.3 is 0 Å². The average Bonchev–Trinajstić information content (AvgIpc) is 3.02. The highest BCUT2D eigenvalue weighted by Crippen LogP contribution is 2.34. The Hall–Kier alpha value is -1.98. The summed E-state index contributed by atoms with van der Waals surface area (Å²) in [6, 6.07) is 7.52. The fourth-order valence-corrected chi connectivity index (χ4v) is 3.67. The van der Waals surface area contributed by atoms with E-state index in [0.717, 1.165) is 38.2 Å². The summed E-state index contributed by atoms with van der Waals surface area (Å²) >= 11 is 6.15. The first-order chi connectivity index (χ1) is 11.2. The van der Waals surface area contributed by atoms with E-state index in [9.17, 15) is 4.79 Å². The van der Waals surface area contributed by atoms with Gasteiger partial charge in [0.25, 0.3) is 5.91 Å². The molecule has 0 radical (unpaired) electrons. The maximum atomic E-state index is 12.5. The number of piperidine rings is 1. The first-order valence-electron chi connectivity index (χ1n) is 7.78. The highest BCUT2D eigenvalue weighted by Gasteiger charge is 2.40. The standard InChI is InChI=1S/C17H18ClN3O2/c18-13-2-1-3-14-15(13)16(22)20-17(19-14)5-7-21(8-6-17)10-12-4-9-23-11-12/h1-4,9,11,19H,5-8,10H2,(H,20,22). The van der Waals surface area contributed by atoms with Crippen molar-refractivity contribution >= 4 is 23.2 Å². The molecule has 0 aliphatic carbocycles. The Balaban J connectivity index is 1.48. The van der Waals surface area contributed by atoms with Gasteiger partial charge in [-0.25, -0.2) is 0 Å². The number of fused-ring (bicyclic) bond motifs is 1. The lowest BCUT2D eigenvalue weighted by Crippen LogP contribution is -2.62. The molecule has 1 aromatic heterocycles. The van der Waals surface area contributed by atoms with Gasteiger partial charge in [0.05, 0.1) is 28.8 Å². The molecule has 2 aromatic rings. The number of amides is 1. The van der Waals surface area contributed by atoms with Crippen LogP contribution in [0.1, 0.15) is 28.8 Å². The van der Waals surface area contributed by atoms with Crippen molar-refractivity contribution in [1.29, 1.82) is 0 Å². The minimum absolute atomic E-state index is 0.0902. The SMILES string of the molecule is O=C1NC2(CCN(Cc3ccoc3)CC2)Nc2cccc(Cl)c21. The molecule has 5 nitrogen and oxygen atoms in total. The Labute approximate surface area is 139 Å². The molecule has 120 valence electrons. The molecule has 3 heterocycles. The van der Waals surface area contributed by atoms with Crippen LogP contribution < -0.4 is 10.6 Å². The Bertz CT molecular complexity index is 721. The first-order valence-corrected chi connectivity index (χ1v) is 8.16. The van der Waals surface area contributed by atoms with Gasteiger partial charge in [0.2, 0.25) is 0 Å². The van der Waals surface area contributed by atoms with Crippen molar-refractivity contribution in [2.75, 3.05) is 18.4 Å². The summed E-state index contributed by atoms with van der Waals surface area (Å²) in [6.07, 6.45) is 5.18. The van der Waals surface area contributed by atoms with Crippen molar-refractivity contribution in [3.8, 4) is 0 Å². The average molecular weight is 332 g/mol. The van der Waals surface area contributed by atoms with E-state index in [2.05, 4.69) is 15.5 Å². The molecular weight excluding hydrogens is 314 g/mol. The van der Waals surface area contributed by atoms with E-state index < -0.39 is 0 Å². The van der Waals surface area contributed by atoms with Crippen molar-refractivity contribution in [3.63, 3.8) is 0 Å². The maximum Gasteiger partial charge on any atom is 0.256 e. The first kappa shape index (κ1) is 14.6. The zero-order valence-electron chi connectivity index (χ0n) is 12.6. The minimum Gasteiger partial charge on any atom is -0.472 e. The lowest BCUT2D eigenvalue weighted by molar-refractivity contribution is 0.0822. The number of halogens is 1. The van der Waals surface area contributed by atoms with Crippen LogP contribution in [0.5, 0.6) is 0 Å². The van der Waals surface area contributed by atoms with E-state index in [0.29, 0.717) is 10.6 Å². The number of carbonyl (C=O) groups is 1. The highest BCUT2D eigenvalue weighted by molar-refractivity contribution is 6.34. The maximum absolute atomic E-state index is 12.5. The second-order valence-electron chi connectivity index (χ2n) is 6.23. The number of anilines is 1. The van der Waals surface area contributed by atoms with Crippen LogP contribution in [0, 0.1) is 0 Å². The molecule has 0 atom stereocenters. The molecule has 1 spiro atoms. The second kappa shape index (κ2) is 5.58. The van der Waals surface area contributed by atoms with Gasteiger partial charge < -0.3 is 15.1 Å². The van der Waals surface area contributed by atoms with E-state index in [1.165, 1.54) is 5.56 Å². The van der Waals surface area contributed by atoms with Crippen molar-refractivity contribution in [1.82, 2.24) is 10.2 Å². The molecule has 0 unspecified atom stereocenters. The number of benzene rings is 1. The molecule has 0 saturated carbocycles. The predicted octanol–water partition coefficient (Wildman–Crippen LogP) is 3.08. The highest BCUT2D eigenvalue weighted by atomic mass is 35.5. The molecule has 23 heavy (non-hydrogen) atoms. The molecule has 2 aliphatic heterocycles. The number of nitrogens with zero attached hydrogens (tertiary/aromatic N) is 1. The van der Waals surface area contributed by atoms with Gasteiger partial charge in [0, 0.05) is 38.0 Å². The lowest BCUT2D eigenvalue weighted by atomic mass is 9.92. The zero-order valence-corrected chi connectivity index (χ0v) is 13.4. The summed E-state index contributed by atoms with van der Waals surface area (Å²) in [5, 5.41) is 7.12.